The molecule has 0 bridgehead atoms. The fourth-order valence-electron chi connectivity index (χ4n) is 1.98. The topological polar surface area (TPSA) is 43.1 Å². The smallest absolute Gasteiger partial charge is 0.223 e. The summed E-state index contributed by atoms with van der Waals surface area (Å²) in [5, 5.41) is 0. The highest BCUT2D eigenvalue weighted by molar-refractivity contribution is 5.81. The van der Waals surface area contributed by atoms with Crippen LogP contribution in [0.25, 0.3) is 0 Å². The predicted octanol–water partition coefficient (Wildman–Crippen LogP) is 1.45. The molecule has 0 spiro atoms. The van der Waals surface area contributed by atoms with Crippen molar-refractivity contribution < 1.29 is 4.79 Å². The second kappa shape index (κ2) is 3.62. The van der Waals surface area contributed by atoms with Crippen LogP contribution in [-0.2, 0) is 4.79 Å². The van der Waals surface area contributed by atoms with Crippen LogP contribution in [0, 0.1) is 17.8 Å². The Hall–Kier alpha value is -0.970. The molecule has 1 aliphatic carbocycles. The zero-order valence-electron chi connectivity index (χ0n) is 7.31. The number of amides is 1. The third-order valence-corrected chi connectivity index (χ3v) is 2.83. The van der Waals surface area contributed by atoms with Gasteiger partial charge in [-0.3, -0.25) is 4.79 Å². The minimum atomic E-state index is -0.258. The summed E-state index contributed by atoms with van der Waals surface area (Å²) in [5.41, 5.74) is 5.11. The molecule has 1 saturated carbocycles. The molecule has 2 nitrogen and oxygen atoms in total. The summed E-state index contributed by atoms with van der Waals surface area (Å²) in [4.78, 5) is 11.2. The minimum absolute atomic E-state index is 0.157. The van der Waals surface area contributed by atoms with E-state index in [1.807, 2.05) is 0 Å². The third kappa shape index (κ3) is 1.61. The van der Waals surface area contributed by atoms with Crippen molar-refractivity contribution in [3.05, 3.63) is 0 Å². The summed E-state index contributed by atoms with van der Waals surface area (Å²) in [6.07, 6.45) is 10.7. The molecule has 0 aromatic carbocycles. The van der Waals surface area contributed by atoms with Gasteiger partial charge < -0.3 is 5.73 Å². The molecule has 0 atom stereocenters. The van der Waals surface area contributed by atoms with Crippen molar-refractivity contribution in [2.45, 2.75) is 38.5 Å². The summed E-state index contributed by atoms with van der Waals surface area (Å²) in [7, 11) is 0. The Bertz CT molecular complexity index is 208. The summed E-state index contributed by atoms with van der Waals surface area (Å²) in [5.74, 6) is 2.41. The van der Waals surface area contributed by atoms with Gasteiger partial charge in [0.05, 0.1) is 0 Å². The van der Waals surface area contributed by atoms with Gasteiger partial charge in [-0.2, -0.15) is 0 Å². The van der Waals surface area contributed by atoms with Crippen LogP contribution in [0.2, 0.25) is 0 Å². The molecule has 0 aromatic rings. The highest BCUT2D eigenvalue weighted by atomic mass is 16.1. The van der Waals surface area contributed by atoms with Crippen molar-refractivity contribution in [1.29, 1.82) is 0 Å². The lowest BCUT2D eigenvalue weighted by molar-refractivity contribution is -0.127. The largest absolute Gasteiger partial charge is 0.369 e. The second-order valence-corrected chi connectivity index (χ2v) is 3.56. The average Bonchev–Trinajstić information content (AvgIpc) is 2.50. The van der Waals surface area contributed by atoms with E-state index in [2.05, 4.69) is 5.92 Å². The molecule has 66 valence electrons. The van der Waals surface area contributed by atoms with Crippen molar-refractivity contribution in [1.82, 2.24) is 0 Å². The molecule has 1 amide bonds. The van der Waals surface area contributed by atoms with Gasteiger partial charge in [0.2, 0.25) is 5.91 Å². The summed E-state index contributed by atoms with van der Waals surface area (Å²) in [6.45, 7) is 0. The molecule has 1 aliphatic rings. The zero-order valence-corrected chi connectivity index (χ0v) is 7.31. The van der Waals surface area contributed by atoms with E-state index in [4.69, 9.17) is 12.2 Å². The third-order valence-electron chi connectivity index (χ3n) is 2.83. The quantitative estimate of drug-likeness (QED) is 0.632. The van der Waals surface area contributed by atoms with Crippen LogP contribution >= 0.6 is 0 Å². The minimum Gasteiger partial charge on any atom is -0.369 e. The van der Waals surface area contributed by atoms with Crippen LogP contribution in [0.4, 0.5) is 0 Å². The Morgan fingerprint density at radius 3 is 2.50 bits per heavy atom. The summed E-state index contributed by atoms with van der Waals surface area (Å²) >= 11 is 0. The molecule has 1 fully saturated rings. The Balaban J connectivity index is 2.60. The van der Waals surface area contributed by atoms with Gasteiger partial charge in [-0.1, -0.05) is 12.8 Å². The van der Waals surface area contributed by atoms with Crippen LogP contribution in [0.5, 0.6) is 0 Å². The number of carbonyl (C=O) groups excluding carboxylic acids is 1. The van der Waals surface area contributed by atoms with Crippen LogP contribution in [0.3, 0.4) is 0 Å². The molecule has 2 N–H and O–H groups in total. The van der Waals surface area contributed by atoms with E-state index >= 15 is 0 Å². The number of nitrogens with two attached hydrogens (primary N) is 1. The van der Waals surface area contributed by atoms with E-state index in [1.165, 1.54) is 0 Å². The van der Waals surface area contributed by atoms with E-state index in [0.29, 0.717) is 6.42 Å². The van der Waals surface area contributed by atoms with Gasteiger partial charge in [0, 0.05) is 11.8 Å². The van der Waals surface area contributed by atoms with Crippen molar-refractivity contribution in [2.75, 3.05) is 0 Å². The van der Waals surface area contributed by atoms with Crippen LogP contribution < -0.4 is 5.73 Å². The summed E-state index contributed by atoms with van der Waals surface area (Å²) < 4.78 is 0. The number of rotatable bonds is 3. The van der Waals surface area contributed by atoms with Gasteiger partial charge in [0.1, 0.15) is 0 Å². The normalized spacial score (nSPS) is 20.2. The highest BCUT2D eigenvalue weighted by Gasteiger charge is 2.38. The molecule has 0 aromatic heterocycles. The first-order chi connectivity index (χ1) is 5.71. The Morgan fingerprint density at radius 2 is 2.08 bits per heavy atom. The van der Waals surface area contributed by atoms with Crippen molar-refractivity contribution in [2.24, 2.45) is 11.1 Å². The average molecular weight is 165 g/mol. The van der Waals surface area contributed by atoms with E-state index in [9.17, 15) is 4.79 Å². The molecule has 0 unspecified atom stereocenters. The fourth-order valence-corrected chi connectivity index (χ4v) is 1.98. The lowest BCUT2D eigenvalue weighted by Crippen LogP contribution is -2.34. The number of primary amides is 1. The van der Waals surface area contributed by atoms with Crippen molar-refractivity contribution >= 4 is 5.91 Å². The molecule has 0 saturated heterocycles. The summed E-state index contributed by atoms with van der Waals surface area (Å²) in [6, 6.07) is 0. The SMILES string of the molecule is C#CCCC1(C(N)=O)CCCC1. The van der Waals surface area contributed by atoms with E-state index in [0.717, 1.165) is 32.1 Å². The zero-order chi connectivity index (χ0) is 9.03. The Kier molecular flexibility index (Phi) is 2.75. The van der Waals surface area contributed by atoms with Gasteiger partial charge >= 0.3 is 0 Å². The molecule has 2 heteroatoms. The first-order valence-corrected chi connectivity index (χ1v) is 4.45. The molecular formula is C10H15NO. The van der Waals surface area contributed by atoms with Gasteiger partial charge in [0.25, 0.3) is 0 Å². The molecule has 0 radical (unpaired) electrons. The number of terminal acetylenes is 1. The standard InChI is InChI=1S/C10H15NO/c1-2-3-6-10(9(11)12)7-4-5-8-10/h1H,3-8H2,(H2,11,12). The van der Waals surface area contributed by atoms with E-state index < -0.39 is 0 Å². The maximum atomic E-state index is 11.2. The maximum absolute atomic E-state index is 11.2. The van der Waals surface area contributed by atoms with Crippen molar-refractivity contribution in [3.8, 4) is 12.3 Å². The molecule has 0 aliphatic heterocycles. The Morgan fingerprint density at radius 1 is 1.50 bits per heavy atom. The van der Waals surface area contributed by atoms with Crippen LogP contribution in [0.1, 0.15) is 38.5 Å². The van der Waals surface area contributed by atoms with Gasteiger partial charge in [-0.25, -0.2) is 0 Å². The number of hydrogen-bond acceptors (Lipinski definition) is 1. The van der Waals surface area contributed by atoms with E-state index in [1.54, 1.807) is 0 Å². The first-order valence-electron chi connectivity index (χ1n) is 4.45. The fraction of sp³-hybridized carbons (Fsp3) is 0.700. The molecule has 12 heavy (non-hydrogen) atoms. The van der Waals surface area contributed by atoms with E-state index in [-0.39, 0.29) is 11.3 Å². The number of carbonyl (C=O) groups is 1. The van der Waals surface area contributed by atoms with Gasteiger partial charge in [-0.05, 0) is 19.3 Å². The second-order valence-electron chi connectivity index (χ2n) is 3.56. The van der Waals surface area contributed by atoms with Gasteiger partial charge in [-0.15, -0.1) is 12.3 Å². The lowest BCUT2D eigenvalue weighted by atomic mass is 9.81. The molecule has 1 rings (SSSR count). The number of hydrogen-bond donors (Lipinski definition) is 1. The predicted molar refractivity (Wildman–Crippen MR) is 48.2 cm³/mol. The van der Waals surface area contributed by atoms with Crippen LogP contribution in [-0.4, -0.2) is 5.91 Å². The van der Waals surface area contributed by atoms with Crippen molar-refractivity contribution in [3.63, 3.8) is 0 Å². The first kappa shape index (κ1) is 9.12. The highest BCUT2D eigenvalue weighted by Crippen LogP contribution is 2.41. The lowest BCUT2D eigenvalue weighted by Gasteiger charge is -2.23. The Labute approximate surface area is 73.5 Å². The molecular weight excluding hydrogens is 150 g/mol. The van der Waals surface area contributed by atoms with Crippen LogP contribution in [0.15, 0.2) is 0 Å². The monoisotopic (exact) mass is 165 g/mol. The maximum Gasteiger partial charge on any atom is 0.223 e. The van der Waals surface area contributed by atoms with Gasteiger partial charge in [0.15, 0.2) is 0 Å². The molecule has 0 heterocycles.